The number of carboxylic acid groups (broad SMARTS) is 2. The van der Waals surface area contributed by atoms with Gasteiger partial charge in [0.1, 0.15) is 60.2 Å². The molecular formula is C64H86F2N14O15P2S2-2. The summed E-state index contributed by atoms with van der Waals surface area (Å²) in [7, 11) is -10.2. The molecule has 4 aromatic heterocycles. The van der Waals surface area contributed by atoms with Gasteiger partial charge in [0.15, 0.2) is 13.6 Å². The maximum Gasteiger partial charge on any atom is 0.320 e. The molecule has 540 valence electrons. The Hall–Kier alpha value is -7.86. The first-order valence-electron chi connectivity index (χ1n) is 30.9. The van der Waals surface area contributed by atoms with Gasteiger partial charge in [0, 0.05) is 51.5 Å². The number of nitriles is 2. The second kappa shape index (κ2) is 45.7. The largest absolute Gasteiger partial charge is 0.756 e. The number of halogens is 2. The number of aliphatic hydroxyl groups is 1. The number of phosphoric ester groups is 2. The fourth-order valence-corrected chi connectivity index (χ4v) is 11.2. The van der Waals surface area contributed by atoms with Crippen molar-refractivity contribution in [2.75, 3.05) is 33.3 Å². The summed E-state index contributed by atoms with van der Waals surface area (Å²) in [5.41, 5.74) is 21.8. The highest BCUT2D eigenvalue weighted by Gasteiger charge is 2.46. The molecule has 0 saturated carbocycles. The van der Waals surface area contributed by atoms with Crippen LogP contribution in [0, 0.1) is 34.3 Å². The van der Waals surface area contributed by atoms with Gasteiger partial charge in [-0.3, -0.25) is 27.8 Å². The van der Waals surface area contributed by atoms with Crippen molar-refractivity contribution in [1.82, 2.24) is 39.5 Å². The van der Waals surface area contributed by atoms with Gasteiger partial charge in [-0.1, -0.05) is 115 Å². The monoisotopic (exact) mass is 1450 g/mol. The van der Waals surface area contributed by atoms with Crippen LogP contribution in [0.5, 0.6) is 0 Å². The molecule has 8 atom stereocenters. The topological polar surface area (TPSA) is 491 Å². The van der Waals surface area contributed by atoms with Crippen molar-refractivity contribution in [1.29, 1.82) is 10.5 Å². The summed E-state index contributed by atoms with van der Waals surface area (Å²) >= 11 is 2.62. The van der Waals surface area contributed by atoms with E-state index < -0.39 is 87.9 Å². The minimum Gasteiger partial charge on any atom is -0.756 e. The van der Waals surface area contributed by atoms with Crippen LogP contribution in [-0.4, -0.2) is 122 Å². The number of hydrogen-bond acceptors (Lipinski definition) is 25. The van der Waals surface area contributed by atoms with E-state index in [-0.39, 0.29) is 30.8 Å². The molecule has 0 spiro atoms. The minimum atomic E-state index is -5.11. The molecule has 35 heteroatoms. The molecule has 0 aliphatic rings. The molecule has 99 heavy (non-hydrogen) atoms. The van der Waals surface area contributed by atoms with E-state index in [1.807, 2.05) is 38.5 Å². The number of hydrogen-bond donors (Lipinski definition) is 9. The number of aliphatic hydroxyl groups excluding tert-OH is 1. The lowest BCUT2D eigenvalue weighted by molar-refractivity contribution is -0.238. The molecule has 2 unspecified atom stereocenters. The molecule has 29 nitrogen and oxygen atoms in total. The highest BCUT2D eigenvalue weighted by molar-refractivity contribution is 7.45. The third kappa shape index (κ3) is 29.5. The predicted molar refractivity (Wildman–Crippen MR) is 364 cm³/mol. The summed E-state index contributed by atoms with van der Waals surface area (Å²) in [6, 6.07) is 28.4. The lowest BCUT2D eigenvalue weighted by atomic mass is 9.81. The fraction of sp³-hybridized carbons (Fsp3) is 0.406. The number of benzene rings is 4. The summed E-state index contributed by atoms with van der Waals surface area (Å²) in [6.45, 7) is 12.8. The highest BCUT2D eigenvalue weighted by Crippen LogP contribution is 2.47. The summed E-state index contributed by atoms with van der Waals surface area (Å²) in [6.07, 6.45) is 9.77. The van der Waals surface area contributed by atoms with Crippen LogP contribution in [0.1, 0.15) is 131 Å². The summed E-state index contributed by atoms with van der Waals surface area (Å²) in [5, 5.41) is 55.3. The van der Waals surface area contributed by atoms with Gasteiger partial charge in [-0.25, -0.2) is 38.1 Å². The fourth-order valence-electron chi connectivity index (χ4n) is 8.85. The van der Waals surface area contributed by atoms with E-state index in [1.54, 1.807) is 81.4 Å². The van der Waals surface area contributed by atoms with E-state index in [9.17, 15) is 28.5 Å². The molecule has 0 fully saturated rings. The maximum atomic E-state index is 15.2. The Morgan fingerprint density at radius 3 is 1.23 bits per heavy atom. The van der Waals surface area contributed by atoms with Crippen LogP contribution in [0.15, 0.2) is 133 Å². The van der Waals surface area contributed by atoms with Crippen molar-refractivity contribution in [3.63, 3.8) is 0 Å². The Morgan fingerprint density at radius 2 is 0.960 bits per heavy atom. The SMILES string of the molecule is CC.CC.CCO.C[C@@H](c1nc(-c2ccc(C#N)cc2)cs1)[C@@](Cn1cncn1)(OCOP(=O)([O-])O)c1ccccc1F.C[C@@H](c1nc(-c2ccc(C#N)cc2)cs1)[C@@](Cn1cncn1)(OCOP(=O)([O-])O)c1ccccc1F.NCCCC[C@H](N)C(=O)O.NCCCC[C@H](N)C(=O)O. The number of nitrogens with zero attached hydrogens (tertiary/aromatic N) is 10. The van der Waals surface area contributed by atoms with E-state index in [1.165, 1.54) is 93.7 Å². The standard InChI is InChI=1S/2C23H21FN5O5PS.2C6H14N2O2.C2H6O.2C2H6/c2*1-16(22-28-21(11-36-22)18-8-6-17(10-25)7-9-18)23(12-29-14-26-13-27-29,33-15-34-35(30,31)32)19-4-2-3-5-20(19)24;2*7-4-2-1-3-5(8)6(9)10;1-2-3;2*1-2/h2*2-9,11,13-14,16H,12,15H2,1H3,(H2,30,31,32);2*5H,1-4,7-8H2,(H,9,10);3H,2H2,1H3;2*1-2H3/p-2/t2*16-,23+;2*5-;;;/m0000.../s1. The summed E-state index contributed by atoms with van der Waals surface area (Å²) < 4.78 is 76.6. The zero-order chi connectivity index (χ0) is 74.2. The first kappa shape index (κ1) is 87.2. The zero-order valence-corrected chi connectivity index (χ0v) is 59.2. The Morgan fingerprint density at radius 1 is 0.626 bits per heavy atom. The van der Waals surface area contributed by atoms with Crippen molar-refractivity contribution in [2.45, 2.75) is 135 Å². The Labute approximate surface area is 581 Å². The van der Waals surface area contributed by atoms with Gasteiger partial charge in [0.05, 0.1) is 57.8 Å². The number of phosphoric acid groups is 2. The second-order valence-electron chi connectivity index (χ2n) is 20.4. The third-order valence-electron chi connectivity index (χ3n) is 13.8. The van der Waals surface area contributed by atoms with Gasteiger partial charge in [0.2, 0.25) is 0 Å². The van der Waals surface area contributed by atoms with Gasteiger partial charge >= 0.3 is 11.9 Å². The van der Waals surface area contributed by atoms with Gasteiger partial charge in [-0.05, 0) is 82.1 Å². The average Bonchev–Trinajstić information content (AvgIpc) is 1.74. The molecule has 0 saturated heterocycles. The predicted octanol–water partition coefficient (Wildman–Crippen LogP) is 8.23. The second-order valence-corrected chi connectivity index (χ2v) is 24.6. The molecule has 4 heterocycles. The van der Waals surface area contributed by atoms with Crippen molar-refractivity contribution in [2.24, 2.45) is 22.9 Å². The van der Waals surface area contributed by atoms with Crippen LogP contribution in [0.4, 0.5) is 8.78 Å². The van der Waals surface area contributed by atoms with Crippen LogP contribution in [0.2, 0.25) is 0 Å². The summed E-state index contributed by atoms with van der Waals surface area (Å²) in [5.74, 6) is -4.35. The molecule has 0 aliphatic heterocycles. The number of carbonyl (C=O) groups is 2. The molecule has 0 radical (unpaired) electrons. The molecule has 8 aromatic rings. The first-order chi connectivity index (χ1) is 47.2. The van der Waals surface area contributed by atoms with Crippen LogP contribution in [-0.2, 0) is 61.5 Å². The maximum absolute atomic E-state index is 15.2. The Kier molecular flexibility index (Phi) is 40.3. The quantitative estimate of drug-likeness (QED) is 0.0116. The number of nitrogens with two attached hydrogens (primary N) is 4. The van der Waals surface area contributed by atoms with Crippen molar-refractivity contribution in [3.05, 3.63) is 177 Å². The van der Waals surface area contributed by atoms with Crippen LogP contribution in [0.25, 0.3) is 22.5 Å². The molecular weight excluding hydrogens is 1370 g/mol. The van der Waals surface area contributed by atoms with E-state index in [0.29, 0.717) is 58.5 Å². The lowest BCUT2D eigenvalue weighted by Crippen LogP contribution is -2.41. The molecule has 0 amide bonds. The number of ether oxygens (including phenoxy) is 2. The lowest BCUT2D eigenvalue weighted by Gasteiger charge is -2.39. The van der Waals surface area contributed by atoms with Crippen molar-refractivity contribution >= 4 is 50.3 Å². The van der Waals surface area contributed by atoms with Crippen LogP contribution >= 0.6 is 38.3 Å². The Balaban J connectivity index is 0.000000494. The van der Waals surface area contributed by atoms with Gasteiger partial charge in [-0.15, -0.1) is 22.7 Å². The average molecular weight is 1460 g/mol. The third-order valence-corrected chi connectivity index (χ3v) is 16.7. The van der Waals surface area contributed by atoms with Gasteiger partial charge in [0.25, 0.3) is 15.6 Å². The zero-order valence-electron chi connectivity index (χ0n) is 55.8. The molecule has 4 aromatic carbocycles. The molecule has 8 rings (SSSR count). The van der Waals surface area contributed by atoms with E-state index in [2.05, 4.69) is 41.4 Å². The van der Waals surface area contributed by atoms with E-state index >= 15 is 8.78 Å². The molecule has 13 N–H and O–H groups in total. The van der Waals surface area contributed by atoms with Crippen molar-refractivity contribution in [3.8, 4) is 34.7 Å². The number of aliphatic carboxylic acids is 2. The smallest absolute Gasteiger partial charge is 0.320 e. The van der Waals surface area contributed by atoms with Gasteiger partial charge < -0.3 is 67.3 Å². The van der Waals surface area contributed by atoms with Crippen molar-refractivity contribution < 1.29 is 80.9 Å². The molecule has 0 bridgehead atoms. The minimum absolute atomic E-state index is 0.0706. The van der Waals surface area contributed by atoms with Crippen LogP contribution < -0.4 is 32.7 Å². The van der Waals surface area contributed by atoms with E-state index in [4.69, 9.17) is 78.0 Å². The van der Waals surface area contributed by atoms with Crippen LogP contribution in [0.3, 0.4) is 0 Å². The number of thiazole rings is 2. The number of aromatic nitrogens is 8. The Bertz CT molecular complexity index is 3530. The normalized spacial score (nSPS) is 14.2. The number of unbranched alkanes of at least 4 members (excludes halogenated alkanes) is 2. The first-order valence-corrected chi connectivity index (χ1v) is 35.7. The summed E-state index contributed by atoms with van der Waals surface area (Å²) in [4.78, 5) is 78.2. The van der Waals surface area contributed by atoms with Gasteiger partial charge in [-0.2, -0.15) is 20.7 Å². The van der Waals surface area contributed by atoms with E-state index in [0.717, 1.165) is 36.8 Å². The number of rotatable bonds is 30. The number of carboxylic acids is 2. The highest BCUT2D eigenvalue weighted by atomic mass is 32.1. The molecule has 0 aliphatic carbocycles.